The van der Waals surface area contributed by atoms with Crippen LogP contribution in [0.25, 0.3) is 5.69 Å². The van der Waals surface area contributed by atoms with E-state index in [1.807, 2.05) is 26.1 Å². The predicted molar refractivity (Wildman–Crippen MR) is 118 cm³/mol. The van der Waals surface area contributed by atoms with Crippen LogP contribution in [0.3, 0.4) is 0 Å². The van der Waals surface area contributed by atoms with Crippen LogP contribution in [0.15, 0.2) is 54.7 Å². The van der Waals surface area contributed by atoms with Crippen LogP contribution < -0.4 is 4.90 Å². The molecule has 4 rings (SSSR count). The molecule has 1 aliphatic rings. The number of hydrogen-bond donors (Lipinski definition) is 0. The lowest BCUT2D eigenvalue weighted by molar-refractivity contribution is 0.0783. The van der Waals surface area contributed by atoms with Crippen LogP contribution >= 0.6 is 0 Å². The van der Waals surface area contributed by atoms with Gasteiger partial charge < -0.3 is 14.5 Å². The second-order valence-electron chi connectivity index (χ2n) is 7.64. The first-order valence-corrected chi connectivity index (χ1v) is 10.6. The topological polar surface area (TPSA) is 50.6 Å². The molecule has 6 nitrogen and oxygen atoms in total. The molecule has 1 aromatic heterocycles. The molecule has 2 aromatic carbocycles. The van der Waals surface area contributed by atoms with E-state index in [9.17, 15) is 9.18 Å². The highest BCUT2D eigenvalue weighted by atomic mass is 19.1. The first kappa shape index (κ1) is 21.1. The summed E-state index contributed by atoms with van der Waals surface area (Å²) in [4.78, 5) is 17.3. The number of para-hydroxylation sites is 1. The highest BCUT2D eigenvalue weighted by Gasteiger charge is 2.22. The smallest absolute Gasteiger partial charge is 0.257 e. The van der Waals surface area contributed by atoms with E-state index in [0.717, 1.165) is 35.7 Å². The van der Waals surface area contributed by atoms with E-state index in [4.69, 9.17) is 4.74 Å². The molecule has 0 bridgehead atoms. The summed E-state index contributed by atoms with van der Waals surface area (Å²) in [5.41, 5.74) is 4.35. The Labute approximate surface area is 181 Å². The van der Waals surface area contributed by atoms with Gasteiger partial charge in [-0.25, -0.2) is 9.07 Å². The summed E-state index contributed by atoms with van der Waals surface area (Å²) in [7, 11) is 1.81. The van der Waals surface area contributed by atoms with Crippen LogP contribution in [0.4, 0.5) is 10.1 Å². The highest BCUT2D eigenvalue weighted by Crippen LogP contribution is 2.24. The number of ether oxygens (including phenoxy) is 1. The van der Waals surface area contributed by atoms with Crippen molar-refractivity contribution in [1.29, 1.82) is 0 Å². The van der Waals surface area contributed by atoms with Crippen molar-refractivity contribution in [1.82, 2.24) is 14.7 Å². The Morgan fingerprint density at radius 3 is 2.55 bits per heavy atom. The van der Waals surface area contributed by atoms with Crippen molar-refractivity contribution in [2.24, 2.45) is 0 Å². The molecule has 0 aliphatic carbocycles. The maximum Gasteiger partial charge on any atom is 0.257 e. The van der Waals surface area contributed by atoms with E-state index in [2.05, 4.69) is 22.1 Å². The number of nitrogens with zero attached hydrogens (tertiary/aromatic N) is 4. The zero-order valence-electron chi connectivity index (χ0n) is 17.9. The van der Waals surface area contributed by atoms with E-state index in [-0.39, 0.29) is 11.7 Å². The number of rotatable bonds is 6. The van der Waals surface area contributed by atoms with Crippen molar-refractivity contribution in [3.8, 4) is 5.69 Å². The number of aromatic nitrogens is 2. The lowest BCUT2D eigenvalue weighted by Gasteiger charge is -2.31. The van der Waals surface area contributed by atoms with E-state index in [0.29, 0.717) is 31.7 Å². The second-order valence-corrected chi connectivity index (χ2v) is 7.64. The average molecular weight is 423 g/mol. The molecule has 2 heterocycles. The average Bonchev–Trinajstić information content (AvgIpc) is 3.24. The van der Waals surface area contributed by atoms with Gasteiger partial charge in [-0.05, 0) is 42.3 Å². The Kier molecular flexibility index (Phi) is 6.32. The summed E-state index contributed by atoms with van der Waals surface area (Å²) >= 11 is 0. The maximum absolute atomic E-state index is 13.3. The monoisotopic (exact) mass is 422 g/mol. The summed E-state index contributed by atoms with van der Waals surface area (Å²) in [6.07, 6.45) is 2.24. The summed E-state index contributed by atoms with van der Waals surface area (Å²) in [6, 6.07) is 14.3. The predicted octanol–water partition coefficient (Wildman–Crippen LogP) is 3.68. The van der Waals surface area contributed by atoms with Crippen LogP contribution in [0.5, 0.6) is 0 Å². The molecule has 3 aromatic rings. The minimum atomic E-state index is -0.302. The summed E-state index contributed by atoms with van der Waals surface area (Å²) in [5.74, 6) is -0.383. The zero-order valence-corrected chi connectivity index (χ0v) is 17.9. The van der Waals surface area contributed by atoms with Gasteiger partial charge in [-0.15, -0.1) is 0 Å². The molecule has 162 valence electrons. The van der Waals surface area contributed by atoms with Crippen LogP contribution in [0.1, 0.15) is 28.5 Å². The third-order valence-corrected chi connectivity index (χ3v) is 5.60. The number of morpholine rings is 1. The molecule has 0 saturated carbocycles. The number of amides is 1. The van der Waals surface area contributed by atoms with Gasteiger partial charge in [0.15, 0.2) is 0 Å². The summed E-state index contributed by atoms with van der Waals surface area (Å²) < 4.78 is 20.5. The third-order valence-electron chi connectivity index (χ3n) is 5.60. The molecule has 0 spiro atoms. The van der Waals surface area contributed by atoms with Crippen molar-refractivity contribution >= 4 is 11.6 Å². The SMILES string of the molecule is CCc1c(C(=O)N(C)Cc2ccccc2N2CCOCC2)cnn1-c1ccc(F)cc1. The highest BCUT2D eigenvalue weighted by molar-refractivity contribution is 5.95. The molecule has 1 saturated heterocycles. The Morgan fingerprint density at radius 2 is 1.84 bits per heavy atom. The maximum atomic E-state index is 13.3. The van der Waals surface area contributed by atoms with Gasteiger partial charge in [0, 0.05) is 32.4 Å². The molecule has 7 heteroatoms. The number of halogens is 1. The lowest BCUT2D eigenvalue weighted by Crippen LogP contribution is -2.37. The lowest BCUT2D eigenvalue weighted by atomic mass is 10.1. The Morgan fingerprint density at radius 1 is 1.13 bits per heavy atom. The van der Waals surface area contributed by atoms with Crippen molar-refractivity contribution in [3.63, 3.8) is 0 Å². The molecular weight excluding hydrogens is 395 g/mol. The minimum absolute atomic E-state index is 0.0815. The summed E-state index contributed by atoms with van der Waals surface area (Å²) in [5, 5.41) is 4.41. The number of anilines is 1. The van der Waals surface area contributed by atoms with Crippen LogP contribution in [-0.2, 0) is 17.7 Å². The van der Waals surface area contributed by atoms with Gasteiger partial charge in [-0.2, -0.15) is 5.10 Å². The Balaban J connectivity index is 1.56. The van der Waals surface area contributed by atoms with Gasteiger partial charge in [-0.1, -0.05) is 25.1 Å². The number of carbonyl (C=O) groups excluding carboxylic acids is 1. The number of benzene rings is 2. The second kappa shape index (κ2) is 9.31. The molecule has 1 fully saturated rings. The van der Waals surface area contributed by atoms with Gasteiger partial charge >= 0.3 is 0 Å². The van der Waals surface area contributed by atoms with E-state index < -0.39 is 0 Å². The van der Waals surface area contributed by atoms with Crippen LogP contribution in [-0.4, -0.2) is 53.9 Å². The van der Waals surface area contributed by atoms with E-state index in [1.165, 1.54) is 12.1 Å². The molecule has 31 heavy (non-hydrogen) atoms. The van der Waals surface area contributed by atoms with Gasteiger partial charge in [0.05, 0.1) is 36.4 Å². The van der Waals surface area contributed by atoms with Gasteiger partial charge in [0.25, 0.3) is 5.91 Å². The molecule has 1 amide bonds. The first-order chi connectivity index (χ1) is 15.1. The van der Waals surface area contributed by atoms with Gasteiger partial charge in [-0.3, -0.25) is 4.79 Å². The van der Waals surface area contributed by atoms with Crippen molar-refractivity contribution in [3.05, 3.63) is 77.4 Å². The van der Waals surface area contributed by atoms with Crippen molar-refractivity contribution in [2.75, 3.05) is 38.3 Å². The summed E-state index contributed by atoms with van der Waals surface area (Å²) in [6.45, 7) is 5.61. The van der Waals surface area contributed by atoms with Crippen LogP contribution in [0.2, 0.25) is 0 Å². The third kappa shape index (κ3) is 4.46. The minimum Gasteiger partial charge on any atom is -0.378 e. The molecule has 0 unspecified atom stereocenters. The fraction of sp³-hybridized carbons (Fsp3) is 0.333. The number of hydrogen-bond acceptors (Lipinski definition) is 4. The van der Waals surface area contributed by atoms with Crippen molar-refractivity contribution in [2.45, 2.75) is 19.9 Å². The fourth-order valence-corrected chi connectivity index (χ4v) is 3.99. The Bertz CT molecular complexity index is 1040. The van der Waals surface area contributed by atoms with Gasteiger partial charge in [0.2, 0.25) is 0 Å². The van der Waals surface area contributed by atoms with Gasteiger partial charge in [0.1, 0.15) is 5.82 Å². The quantitative estimate of drug-likeness (QED) is 0.608. The van der Waals surface area contributed by atoms with Crippen molar-refractivity contribution < 1.29 is 13.9 Å². The van der Waals surface area contributed by atoms with E-state index >= 15 is 0 Å². The molecule has 0 atom stereocenters. The first-order valence-electron chi connectivity index (χ1n) is 10.6. The standard InChI is InChI=1S/C24H27FN4O2/c1-3-22-21(16-26-29(22)20-10-8-19(25)9-11-20)24(30)27(2)17-18-6-4-5-7-23(18)28-12-14-31-15-13-28/h4-11,16H,3,12-15,17H2,1-2H3. The molecule has 0 radical (unpaired) electrons. The fourth-order valence-electron chi connectivity index (χ4n) is 3.99. The largest absolute Gasteiger partial charge is 0.378 e. The zero-order chi connectivity index (χ0) is 21.8. The molecule has 1 aliphatic heterocycles. The number of carbonyl (C=O) groups is 1. The molecule has 0 N–H and O–H groups in total. The Hall–Kier alpha value is -3.19. The van der Waals surface area contributed by atoms with Crippen LogP contribution in [0, 0.1) is 5.82 Å². The normalized spacial score (nSPS) is 14.0. The van der Waals surface area contributed by atoms with E-state index in [1.54, 1.807) is 27.9 Å². The molecular formula is C24H27FN4O2.